The topological polar surface area (TPSA) is 72.6 Å². The summed E-state index contributed by atoms with van der Waals surface area (Å²) in [6.07, 6.45) is 3.28. The predicted octanol–water partition coefficient (Wildman–Crippen LogP) is 3.26. The summed E-state index contributed by atoms with van der Waals surface area (Å²) in [5.41, 5.74) is 1.87. The fraction of sp³-hybridized carbons (Fsp3) is 0.500. The molecule has 0 N–H and O–H groups in total. The van der Waals surface area contributed by atoms with E-state index in [4.69, 9.17) is 9.26 Å². The first kappa shape index (κ1) is 17.9. The van der Waals surface area contributed by atoms with Crippen molar-refractivity contribution in [3.63, 3.8) is 0 Å². The second-order valence-corrected chi connectivity index (χ2v) is 8.97. The molecule has 0 radical (unpaired) electrons. The molecule has 7 heteroatoms. The molecule has 0 spiro atoms. The summed E-state index contributed by atoms with van der Waals surface area (Å²) in [4.78, 5) is 0. The molecular formula is C18H24N2O4S. The van der Waals surface area contributed by atoms with Crippen LogP contribution in [-0.4, -0.2) is 29.2 Å². The molecule has 136 valence electrons. The fourth-order valence-corrected chi connectivity index (χ4v) is 4.82. The van der Waals surface area contributed by atoms with Gasteiger partial charge in [-0.25, -0.2) is 8.42 Å². The van der Waals surface area contributed by atoms with Gasteiger partial charge in [-0.15, -0.1) is 0 Å². The molecule has 1 unspecified atom stereocenters. The van der Waals surface area contributed by atoms with Gasteiger partial charge in [-0.05, 0) is 51.3 Å². The lowest BCUT2D eigenvalue weighted by Crippen LogP contribution is -2.46. The molecule has 2 aromatic rings. The first-order chi connectivity index (χ1) is 11.9. The molecule has 6 nitrogen and oxygen atoms in total. The largest absolute Gasteiger partial charge is 0.489 e. The Labute approximate surface area is 148 Å². The normalized spacial score (nSPS) is 23.5. The number of ether oxygens (including phenoxy) is 1. The highest BCUT2D eigenvalue weighted by molar-refractivity contribution is 7.89. The van der Waals surface area contributed by atoms with Crippen LogP contribution in [0.25, 0.3) is 0 Å². The zero-order chi connectivity index (χ0) is 18.0. The highest BCUT2D eigenvalue weighted by Crippen LogP contribution is 2.28. The third kappa shape index (κ3) is 3.88. The number of sulfonamides is 1. The minimum atomic E-state index is -3.22. The Morgan fingerprint density at radius 2 is 1.96 bits per heavy atom. The van der Waals surface area contributed by atoms with Crippen molar-refractivity contribution in [2.75, 3.05) is 0 Å². The summed E-state index contributed by atoms with van der Waals surface area (Å²) in [7, 11) is -3.22. The van der Waals surface area contributed by atoms with Gasteiger partial charge in [0.2, 0.25) is 10.0 Å². The molecule has 1 aliphatic rings. The quantitative estimate of drug-likeness (QED) is 0.814. The Hall–Kier alpha value is -1.86. The molecule has 0 amide bonds. The molecule has 0 aliphatic carbocycles. The summed E-state index contributed by atoms with van der Waals surface area (Å²) < 4.78 is 37.4. The third-order valence-electron chi connectivity index (χ3n) is 4.82. The van der Waals surface area contributed by atoms with Crippen molar-refractivity contribution in [1.82, 2.24) is 9.46 Å². The van der Waals surface area contributed by atoms with Gasteiger partial charge >= 0.3 is 0 Å². The predicted molar refractivity (Wildman–Crippen MR) is 94.6 cm³/mol. The standard InChI is InChI=1S/C18H24N2O4S/c1-13-4-5-14(2)25(21,22)20(13)11-16-6-8-18(9-7-16)23-12-17-10-19-24-15(17)3/h6-10,13-14H,4-5,11-12H2,1-3H3/t13-,14?/m0/s1. The highest BCUT2D eigenvalue weighted by atomic mass is 32.2. The number of rotatable bonds is 5. The molecule has 1 saturated heterocycles. The molecule has 25 heavy (non-hydrogen) atoms. The molecule has 1 aromatic heterocycles. The van der Waals surface area contributed by atoms with Crippen LogP contribution in [0.5, 0.6) is 5.75 Å². The average molecular weight is 364 g/mol. The van der Waals surface area contributed by atoms with Crippen LogP contribution in [0.3, 0.4) is 0 Å². The van der Waals surface area contributed by atoms with Crippen molar-refractivity contribution >= 4 is 10.0 Å². The van der Waals surface area contributed by atoms with Gasteiger partial charge in [-0.2, -0.15) is 4.31 Å². The molecule has 3 rings (SSSR count). The summed E-state index contributed by atoms with van der Waals surface area (Å²) in [6, 6.07) is 7.59. The SMILES string of the molecule is Cc1oncc1COc1ccc(CN2[C@@H](C)CCC(C)S2(=O)=O)cc1. The summed E-state index contributed by atoms with van der Waals surface area (Å²) in [5, 5.41) is 3.42. The van der Waals surface area contributed by atoms with Crippen molar-refractivity contribution < 1.29 is 17.7 Å². The Kier molecular flexibility index (Phi) is 5.15. The summed E-state index contributed by atoms with van der Waals surface area (Å²) in [6.45, 7) is 6.40. The molecule has 2 atom stereocenters. The van der Waals surface area contributed by atoms with Gasteiger partial charge in [0, 0.05) is 12.6 Å². The maximum Gasteiger partial charge on any atom is 0.217 e. The van der Waals surface area contributed by atoms with Crippen LogP contribution in [0.1, 0.15) is 43.6 Å². The smallest absolute Gasteiger partial charge is 0.217 e. The van der Waals surface area contributed by atoms with Gasteiger partial charge in [0.15, 0.2) is 0 Å². The van der Waals surface area contributed by atoms with E-state index in [9.17, 15) is 8.42 Å². The Morgan fingerprint density at radius 1 is 1.24 bits per heavy atom. The second-order valence-electron chi connectivity index (χ2n) is 6.67. The van der Waals surface area contributed by atoms with Gasteiger partial charge in [0.1, 0.15) is 18.1 Å². The van der Waals surface area contributed by atoms with Crippen LogP contribution in [0.4, 0.5) is 0 Å². The first-order valence-electron chi connectivity index (χ1n) is 8.50. The van der Waals surface area contributed by atoms with E-state index in [-0.39, 0.29) is 11.3 Å². The van der Waals surface area contributed by atoms with Gasteiger partial charge in [-0.3, -0.25) is 0 Å². The monoisotopic (exact) mass is 364 g/mol. The summed E-state index contributed by atoms with van der Waals surface area (Å²) in [5.74, 6) is 1.47. The van der Waals surface area contributed by atoms with Crippen molar-refractivity contribution in [3.05, 3.63) is 47.3 Å². The lowest BCUT2D eigenvalue weighted by molar-refractivity contribution is 0.283. The lowest BCUT2D eigenvalue weighted by Gasteiger charge is -2.36. The Morgan fingerprint density at radius 3 is 2.60 bits per heavy atom. The molecule has 0 saturated carbocycles. The molecule has 0 bridgehead atoms. The Bertz CT molecular complexity index is 814. The van der Waals surface area contributed by atoms with Gasteiger partial charge < -0.3 is 9.26 Å². The molecule has 1 aromatic carbocycles. The van der Waals surface area contributed by atoms with E-state index < -0.39 is 10.0 Å². The van der Waals surface area contributed by atoms with E-state index >= 15 is 0 Å². The number of hydrogen-bond donors (Lipinski definition) is 0. The van der Waals surface area contributed by atoms with E-state index in [1.54, 1.807) is 17.4 Å². The van der Waals surface area contributed by atoms with Crippen LogP contribution in [0.2, 0.25) is 0 Å². The molecule has 1 aliphatic heterocycles. The third-order valence-corrected chi connectivity index (χ3v) is 7.22. The highest BCUT2D eigenvalue weighted by Gasteiger charge is 2.36. The number of hydrogen-bond acceptors (Lipinski definition) is 5. The maximum atomic E-state index is 12.5. The molecular weight excluding hydrogens is 340 g/mol. The first-order valence-corrected chi connectivity index (χ1v) is 10.0. The fourth-order valence-electron chi connectivity index (χ4n) is 2.99. The molecule has 1 fully saturated rings. The van der Waals surface area contributed by atoms with Gasteiger partial charge in [-0.1, -0.05) is 17.3 Å². The van der Waals surface area contributed by atoms with Crippen molar-refractivity contribution in [1.29, 1.82) is 0 Å². The number of benzene rings is 1. The van der Waals surface area contributed by atoms with Crippen LogP contribution in [-0.2, 0) is 23.2 Å². The van der Waals surface area contributed by atoms with Crippen LogP contribution < -0.4 is 4.74 Å². The van der Waals surface area contributed by atoms with E-state index in [2.05, 4.69) is 5.16 Å². The van der Waals surface area contributed by atoms with Crippen LogP contribution in [0.15, 0.2) is 35.0 Å². The van der Waals surface area contributed by atoms with E-state index in [0.717, 1.165) is 35.5 Å². The zero-order valence-electron chi connectivity index (χ0n) is 14.8. The van der Waals surface area contributed by atoms with Gasteiger partial charge in [0.25, 0.3) is 0 Å². The number of aryl methyl sites for hydroxylation is 1. The zero-order valence-corrected chi connectivity index (χ0v) is 15.6. The van der Waals surface area contributed by atoms with Crippen LogP contribution in [0, 0.1) is 6.92 Å². The minimum absolute atomic E-state index is 0.0358. The minimum Gasteiger partial charge on any atom is -0.489 e. The lowest BCUT2D eigenvalue weighted by atomic mass is 10.1. The van der Waals surface area contributed by atoms with Crippen molar-refractivity contribution in [3.8, 4) is 5.75 Å². The maximum absolute atomic E-state index is 12.5. The van der Waals surface area contributed by atoms with E-state index in [0.29, 0.717) is 13.2 Å². The van der Waals surface area contributed by atoms with Crippen LogP contribution >= 0.6 is 0 Å². The van der Waals surface area contributed by atoms with E-state index in [1.807, 2.05) is 38.1 Å². The number of aromatic nitrogens is 1. The van der Waals surface area contributed by atoms with E-state index in [1.165, 1.54) is 0 Å². The average Bonchev–Trinajstić information content (AvgIpc) is 3.00. The second kappa shape index (κ2) is 7.17. The van der Waals surface area contributed by atoms with Gasteiger partial charge in [0.05, 0.1) is 17.0 Å². The Balaban J connectivity index is 1.65. The number of nitrogens with zero attached hydrogens (tertiary/aromatic N) is 2. The summed E-state index contributed by atoms with van der Waals surface area (Å²) >= 11 is 0. The molecule has 2 heterocycles. The van der Waals surface area contributed by atoms with Crippen molar-refractivity contribution in [2.45, 2.75) is 58.1 Å². The van der Waals surface area contributed by atoms with Crippen molar-refractivity contribution in [2.24, 2.45) is 0 Å².